The van der Waals surface area contributed by atoms with Gasteiger partial charge in [0.15, 0.2) is 0 Å². The molecule has 0 amide bonds. The number of aromatic nitrogens is 1. The number of anilines is 1. The predicted octanol–water partition coefficient (Wildman–Crippen LogP) is 3.52. The Hall–Kier alpha value is -2.30. The van der Waals surface area contributed by atoms with E-state index in [-0.39, 0.29) is 5.56 Å². The zero-order chi connectivity index (χ0) is 15.2. The molecule has 21 heavy (non-hydrogen) atoms. The van der Waals surface area contributed by atoms with E-state index in [2.05, 4.69) is 15.8 Å². The molecule has 0 atom stereocenters. The van der Waals surface area contributed by atoms with Crippen molar-refractivity contribution in [1.82, 2.24) is 4.37 Å². The number of carboxylic acids is 1. The molecule has 0 aliphatic carbocycles. The van der Waals surface area contributed by atoms with Gasteiger partial charge in [0.05, 0.1) is 10.4 Å². The molecule has 5 nitrogen and oxygen atoms in total. The second-order valence-electron chi connectivity index (χ2n) is 3.90. The maximum Gasteiger partial charge on any atom is 0.335 e. The van der Waals surface area contributed by atoms with E-state index in [4.69, 9.17) is 10.4 Å². The van der Waals surface area contributed by atoms with Gasteiger partial charge in [-0.2, -0.15) is 9.64 Å². The van der Waals surface area contributed by atoms with Crippen LogP contribution in [0.5, 0.6) is 0 Å². The molecule has 0 spiro atoms. The smallest absolute Gasteiger partial charge is 0.335 e. The number of carboxylic acid groups (broad SMARTS) is 1. The molecule has 0 aliphatic heterocycles. The molecule has 1 aromatic carbocycles. The molecule has 1 heterocycles. The maximum atomic E-state index is 10.7. The van der Waals surface area contributed by atoms with Crippen LogP contribution in [0, 0.1) is 11.3 Å². The van der Waals surface area contributed by atoms with Crippen molar-refractivity contribution < 1.29 is 9.90 Å². The van der Waals surface area contributed by atoms with Crippen LogP contribution < -0.4 is 5.32 Å². The number of rotatable bonds is 5. The van der Waals surface area contributed by atoms with Crippen molar-refractivity contribution in [3.8, 4) is 6.07 Å². The summed E-state index contributed by atoms with van der Waals surface area (Å²) in [6, 6.07) is 8.56. The lowest BCUT2D eigenvalue weighted by Gasteiger charge is -2.00. The molecule has 1 aromatic heterocycles. The summed E-state index contributed by atoms with van der Waals surface area (Å²) in [5.74, 6) is -0.954. The van der Waals surface area contributed by atoms with Crippen molar-refractivity contribution in [2.45, 2.75) is 5.03 Å². The highest BCUT2D eigenvalue weighted by molar-refractivity contribution is 7.98. The molecule has 2 aromatic rings. The van der Waals surface area contributed by atoms with Gasteiger partial charge in [-0.05, 0) is 48.1 Å². The lowest BCUT2D eigenvalue weighted by atomic mass is 10.2. The van der Waals surface area contributed by atoms with E-state index in [9.17, 15) is 4.79 Å². The number of nitrogens with one attached hydrogen (secondary N) is 1. The van der Waals surface area contributed by atoms with Gasteiger partial charge in [0.2, 0.25) is 0 Å². The zero-order valence-electron chi connectivity index (χ0n) is 11.0. The first-order chi connectivity index (χ1) is 10.2. The summed E-state index contributed by atoms with van der Waals surface area (Å²) in [6.07, 6.45) is 5.36. The van der Waals surface area contributed by atoms with Crippen molar-refractivity contribution in [1.29, 1.82) is 5.26 Å². The average molecular weight is 317 g/mol. The van der Waals surface area contributed by atoms with Gasteiger partial charge in [-0.15, -0.1) is 11.8 Å². The minimum absolute atomic E-state index is 0.239. The molecule has 106 valence electrons. The summed E-state index contributed by atoms with van der Waals surface area (Å²) in [5.41, 5.74) is 1.58. The van der Waals surface area contributed by atoms with Crippen LogP contribution in [0.15, 0.2) is 35.5 Å². The molecule has 0 radical (unpaired) electrons. The molecule has 0 bridgehead atoms. The fourth-order valence-corrected chi connectivity index (χ4v) is 3.04. The Morgan fingerprint density at radius 1 is 1.48 bits per heavy atom. The lowest BCUT2D eigenvalue weighted by Crippen LogP contribution is -1.96. The van der Waals surface area contributed by atoms with Crippen molar-refractivity contribution in [2.24, 2.45) is 0 Å². The van der Waals surface area contributed by atoms with Gasteiger partial charge in [0, 0.05) is 11.9 Å². The number of benzene rings is 1. The molecule has 0 unspecified atom stereocenters. The maximum absolute atomic E-state index is 10.7. The molecular weight excluding hydrogens is 306 g/mol. The first-order valence-corrected chi connectivity index (χ1v) is 7.85. The monoisotopic (exact) mass is 317 g/mol. The number of carbonyl (C=O) groups is 1. The molecule has 0 aliphatic rings. The Morgan fingerprint density at radius 2 is 2.19 bits per heavy atom. The Balaban J connectivity index is 2.07. The fraction of sp³-hybridized carbons (Fsp3) is 0.0714. The summed E-state index contributed by atoms with van der Waals surface area (Å²) >= 11 is 2.71. The molecule has 0 saturated carbocycles. The molecule has 2 rings (SSSR count). The van der Waals surface area contributed by atoms with Crippen molar-refractivity contribution >= 4 is 41.0 Å². The highest BCUT2D eigenvalue weighted by atomic mass is 32.2. The normalized spacial score (nSPS) is 10.5. The first-order valence-electron chi connectivity index (χ1n) is 5.86. The van der Waals surface area contributed by atoms with E-state index in [0.29, 0.717) is 5.56 Å². The van der Waals surface area contributed by atoms with Gasteiger partial charge in [-0.25, -0.2) is 4.79 Å². The van der Waals surface area contributed by atoms with Gasteiger partial charge < -0.3 is 10.4 Å². The summed E-state index contributed by atoms with van der Waals surface area (Å²) in [5, 5.41) is 21.7. The number of hydrogen-bond acceptors (Lipinski definition) is 6. The van der Waals surface area contributed by atoms with Crippen LogP contribution in [0.4, 0.5) is 5.69 Å². The van der Waals surface area contributed by atoms with Crippen LogP contribution in [0.1, 0.15) is 20.8 Å². The van der Waals surface area contributed by atoms with Crippen LogP contribution in [0.2, 0.25) is 0 Å². The van der Waals surface area contributed by atoms with Crippen LogP contribution in [-0.2, 0) is 0 Å². The van der Waals surface area contributed by atoms with Crippen LogP contribution in [0.25, 0.3) is 6.08 Å². The lowest BCUT2D eigenvalue weighted by molar-refractivity contribution is 0.0697. The Kier molecular flexibility index (Phi) is 4.98. The van der Waals surface area contributed by atoms with Crippen molar-refractivity contribution in [3.63, 3.8) is 0 Å². The minimum Gasteiger partial charge on any atom is -0.478 e. The van der Waals surface area contributed by atoms with E-state index >= 15 is 0 Å². The summed E-state index contributed by atoms with van der Waals surface area (Å²) in [6.45, 7) is 0. The number of aromatic carboxylic acids is 1. The van der Waals surface area contributed by atoms with E-state index in [0.717, 1.165) is 15.6 Å². The Bertz CT molecular complexity index is 715. The van der Waals surface area contributed by atoms with Crippen molar-refractivity contribution in [2.75, 3.05) is 11.6 Å². The summed E-state index contributed by atoms with van der Waals surface area (Å²) in [4.78, 5) is 11.5. The Labute approximate surface area is 130 Å². The van der Waals surface area contributed by atoms with E-state index in [1.807, 2.05) is 6.26 Å². The van der Waals surface area contributed by atoms with E-state index in [1.165, 1.54) is 35.4 Å². The van der Waals surface area contributed by atoms with Crippen molar-refractivity contribution in [3.05, 3.63) is 46.5 Å². The predicted molar refractivity (Wildman–Crippen MR) is 84.7 cm³/mol. The number of hydrogen-bond donors (Lipinski definition) is 2. The average Bonchev–Trinajstić information content (AvgIpc) is 2.89. The standard InChI is InChI=1S/C14H11N3O2S2/c1-20-13-11(8-15)12(21-17-13)6-7-16-10-4-2-9(3-5-10)14(18)19/h2-7,16H,1H3,(H,18,19). The SMILES string of the molecule is CSc1nsc(C=CNc2ccc(C(=O)O)cc2)c1C#N. The van der Waals surface area contributed by atoms with Gasteiger partial charge in [-0.3, -0.25) is 0 Å². The molecular formula is C14H11N3O2S2. The van der Waals surface area contributed by atoms with Crippen LogP contribution in [-0.4, -0.2) is 21.7 Å². The highest BCUT2D eigenvalue weighted by Gasteiger charge is 2.09. The molecule has 0 fully saturated rings. The Morgan fingerprint density at radius 3 is 2.76 bits per heavy atom. The largest absolute Gasteiger partial charge is 0.478 e. The van der Waals surface area contributed by atoms with E-state index < -0.39 is 5.97 Å². The molecule has 7 heteroatoms. The van der Waals surface area contributed by atoms with Gasteiger partial charge in [0.25, 0.3) is 0 Å². The fourth-order valence-electron chi connectivity index (χ4n) is 1.57. The quantitative estimate of drug-likeness (QED) is 0.821. The minimum atomic E-state index is -0.954. The topological polar surface area (TPSA) is 86.0 Å². The molecule has 0 saturated heterocycles. The third-order valence-electron chi connectivity index (χ3n) is 2.61. The van der Waals surface area contributed by atoms with E-state index in [1.54, 1.807) is 24.4 Å². The zero-order valence-corrected chi connectivity index (χ0v) is 12.7. The third kappa shape index (κ3) is 3.62. The van der Waals surface area contributed by atoms with Crippen LogP contribution >= 0.6 is 23.3 Å². The highest BCUT2D eigenvalue weighted by Crippen LogP contribution is 2.26. The number of nitriles is 1. The number of thioether (sulfide) groups is 1. The first kappa shape index (κ1) is 15.1. The number of nitrogens with zero attached hydrogens (tertiary/aromatic N) is 2. The van der Waals surface area contributed by atoms with Crippen LogP contribution in [0.3, 0.4) is 0 Å². The summed E-state index contributed by atoms with van der Waals surface area (Å²) in [7, 11) is 0. The second-order valence-corrected chi connectivity index (χ2v) is 5.50. The second kappa shape index (κ2) is 6.92. The van der Waals surface area contributed by atoms with Gasteiger partial charge >= 0.3 is 5.97 Å². The van der Waals surface area contributed by atoms with Gasteiger partial charge in [-0.1, -0.05) is 0 Å². The van der Waals surface area contributed by atoms with Gasteiger partial charge in [0.1, 0.15) is 16.7 Å². The summed E-state index contributed by atoms with van der Waals surface area (Å²) < 4.78 is 4.20. The third-order valence-corrected chi connectivity index (χ3v) is 4.22. The molecule has 2 N–H and O–H groups in total.